The van der Waals surface area contributed by atoms with Crippen LogP contribution in [0.25, 0.3) is 24.3 Å². The van der Waals surface area contributed by atoms with Gasteiger partial charge >= 0.3 is 0 Å². The third-order valence-corrected chi connectivity index (χ3v) is 15.2. The smallest absolute Gasteiger partial charge is 0.211 e. The van der Waals surface area contributed by atoms with Crippen molar-refractivity contribution in [3.63, 3.8) is 0 Å². The van der Waals surface area contributed by atoms with Gasteiger partial charge in [-0.15, -0.1) is 0 Å². The predicted molar refractivity (Wildman–Crippen MR) is 263 cm³/mol. The number of para-hydroxylation sites is 2. The Labute approximate surface area is 383 Å². The van der Waals surface area contributed by atoms with Gasteiger partial charge in [-0.25, -0.2) is 16.8 Å². The quantitative estimate of drug-likeness (QED) is 0.0986. The molecule has 0 N–H and O–H groups in total. The second kappa shape index (κ2) is 17.1. The zero-order valence-corrected chi connectivity index (χ0v) is 36.7. The average Bonchev–Trinajstić information content (AvgIpc) is 3.67. The first-order valence-corrected chi connectivity index (χ1v) is 24.0. The summed E-state index contributed by atoms with van der Waals surface area (Å²) in [6, 6.07) is 63.8. The molecule has 66 heavy (non-hydrogen) atoms. The summed E-state index contributed by atoms with van der Waals surface area (Å²) >= 11 is 0. The molecule has 0 saturated heterocycles. The van der Waals surface area contributed by atoms with Crippen molar-refractivity contribution in [2.24, 2.45) is 0 Å². The number of benzene rings is 8. The van der Waals surface area contributed by atoms with E-state index in [2.05, 4.69) is 70.5 Å². The van der Waals surface area contributed by atoms with E-state index < -0.39 is 31.2 Å². The lowest BCUT2D eigenvalue weighted by Crippen LogP contribution is -2.09. The van der Waals surface area contributed by atoms with Crippen LogP contribution in [0.4, 0.5) is 34.1 Å². The fraction of sp³-hybridized carbons (Fsp3) is 0. The van der Waals surface area contributed by atoms with Gasteiger partial charge in [-0.1, -0.05) is 121 Å². The van der Waals surface area contributed by atoms with Crippen LogP contribution in [-0.4, -0.2) is 28.4 Å². The first-order valence-electron chi connectivity index (χ1n) is 21.1. The molecule has 0 aliphatic carbocycles. The van der Waals surface area contributed by atoms with Crippen molar-refractivity contribution in [3.8, 4) is 0 Å². The molecule has 320 valence electrons. The van der Waals surface area contributed by atoms with Crippen molar-refractivity contribution in [1.29, 1.82) is 0 Å². The molecular weight excluding hydrogens is 861 g/mol. The molecule has 0 spiro atoms. The van der Waals surface area contributed by atoms with Crippen LogP contribution in [0.5, 0.6) is 0 Å². The Hall–Kier alpha value is -8.18. The van der Waals surface area contributed by atoms with Crippen LogP contribution in [0, 0.1) is 0 Å². The summed E-state index contributed by atoms with van der Waals surface area (Å²) in [5.74, 6) is -0.990. The largest absolute Gasteiger partial charge is 0.311 e. The highest BCUT2D eigenvalue weighted by atomic mass is 32.2. The molecule has 0 amide bonds. The molecule has 8 aromatic carbocycles. The normalized spacial score (nSPS) is 15.8. The first kappa shape index (κ1) is 41.8. The number of hydrogen-bond acceptors (Lipinski definition) is 8. The van der Waals surface area contributed by atoms with Gasteiger partial charge in [0.25, 0.3) is 0 Å². The third-order valence-electron chi connectivity index (χ3n) is 11.6. The number of allylic oxidation sites excluding steroid dienone is 2. The maximum atomic E-state index is 13.2. The molecule has 2 aliphatic heterocycles. The summed E-state index contributed by atoms with van der Waals surface area (Å²) in [6.07, 6.45) is 7.00. The molecule has 0 bridgehead atoms. The molecule has 2 aliphatic rings. The Kier molecular flexibility index (Phi) is 10.8. The van der Waals surface area contributed by atoms with Crippen molar-refractivity contribution in [1.82, 2.24) is 0 Å². The van der Waals surface area contributed by atoms with E-state index >= 15 is 0 Å². The Morgan fingerprint density at radius 2 is 0.576 bits per heavy atom. The molecule has 10 rings (SSSR count). The van der Waals surface area contributed by atoms with Crippen molar-refractivity contribution >= 4 is 89.7 Å². The number of anilines is 6. The van der Waals surface area contributed by atoms with Crippen LogP contribution in [0.2, 0.25) is 0 Å². The minimum absolute atomic E-state index is 0.0424. The molecule has 0 atom stereocenters. The Morgan fingerprint density at radius 1 is 0.303 bits per heavy atom. The molecule has 0 radical (unpaired) electrons. The van der Waals surface area contributed by atoms with Crippen LogP contribution in [-0.2, 0) is 19.7 Å². The fourth-order valence-electron chi connectivity index (χ4n) is 8.26. The zero-order valence-electron chi connectivity index (χ0n) is 35.1. The molecule has 10 heteroatoms. The second-order valence-electron chi connectivity index (χ2n) is 15.7. The Balaban J connectivity index is 0.870. The number of nitrogens with zero attached hydrogens (tertiary/aromatic N) is 2. The van der Waals surface area contributed by atoms with E-state index in [1.807, 2.05) is 109 Å². The summed E-state index contributed by atoms with van der Waals surface area (Å²) in [6.45, 7) is 0. The standard InChI is InChI=1S/C56H38N2O6S2/c59-55-49-15-7-9-17-51(49)65(61,62)53(55)37-41-25-33-47(34-26-41)57(43-11-3-1-4-12-43)45-29-21-39(22-30-45)19-20-40-23-31-46(32-24-40)58(44-13-5-2-6-14-44)48-35-27-42(28-36-48)38-54-56(60)50-16-8-10-18-52(50)66(54,63)64/h1-38H/b20-19+,53-37-,54-38+. The highest BCUT2D eigenvalue weighted by Crippen LogP contribution is 2.40. The molecule has 8 nitrogen and oxygen atoms in total. The monoisotopic (exact) mass is 898 g/mol. The maximum Gasteiger partial charge on any atom is 0.211 e. The number of ketones is 2. The van der Waals surface area contributed by atoms with Gasteiger partial charge in [0.15, 0.2) is 0 Å². The van der Waals surface area contributed by atoms with Gasteiger partial charge in [-0.3, -0.25) is 9.59 Å². The molecule has 8 aromatic rings. The second-order valence-corrected chi connectivity index (χ2v) is 19.5. The van der Waals surface area contributed by atoms with Gasteiger partial charge in [-0.05, 0) is 131 Å². The number of carbonyl (C=O) groups is 2. The van der Waals surface area contributed by atoms with E-state index in [0.29, 0.717) is 11.1 Å². The van der Waals surface area contributed by atoms with Gasteiger partial charge in [0.05, 0.1) is 9.79 Å². The van der Waals surface area contributed by atoms with E-state index in [0.717, 1.165) is 45.3 Å². The van der Waals surface area contributed by atoms with Gasteiger partial charge in [0.1, 0.15) is 9.81 Å². The minimum atomic E-state index is -3.90. The molecule has 0 aromatic heterocycles. The molecule has 0 unspecified atom stereocenters. The summed E-state index contributed by atoms with van der Waals surface area (Å²) in [5, 5.41) is 0. The Morgan fingerprint density at radius 3 is 0.894 bits per heavy atom. The number of rotatable bonds is 10. The van der Waals surface area contributed by atoms with Crippen molar-refractivity contribution in [2.75, 3.05) is 9.80 Å². The average molecular weight is 899 g/mol. The lowest BCUT2D eigenvalue weighted by atomic mass is 10.1. The third kappa shape index (κ3) is 7.78. The van der Waals surface area contributed by atoms with E-state index in [4.69, 9.17) is 0 Å². The minimum Gasteiger partial charge on any atom is -0.311 e. The zero-order chi connectivity index (χ0) is 45.4. The van der Waals surface area contributed by atoms with Crippen LogP contribution in [0.15, 0.2) is 226 Å². The lowest BCUT2D eigenvalue weighted by molar-refractivity contribution is 0.103. The predicted octanol–water partition coefficient (Wildman–Crippen LogP) is 12.8. The molecule has 0 saturated carbocycles. The number of fused-ring (bicyclic) bond motifs is 2. The van der Waals surface area contributed by atoms with E-state index in [9.17, 15) is 26.4 Å². The lowest BCUT2D eigenvalue weighted by Gasteiger charge is -2.25. The van der Waals surface area contributed by atoms with Gasteiger partial charge in [-0.2, -0.15) is 0 Å². The highest BCUT2D eigenvalue weighted by Gasteiger charge is 2.39. The van der Waals surface area contributed by atoms with Crippen LogP contribution < -0.4 is 9.80 Å². The van der Waals surface area contributed by atoms with E-state index in [1.165, 1.54) is 24.3 Å². The van der Waals surface area contributed by atoms with Gasteiger partial charge < -0.3 is 9.80 Å². The summed E-state index contributed by atoms with van der Waals surface area (Å²) in [4.78, 5) is 30.0. The SMILES string of the molecule is O=C1/C(=C/c2ccc(N(c3ccccc3)c3ccc(/C=C/c4ccc(N(c5ccccc5)c5ccc(/C=C6\C(=O)c7ccccc7S6(=O)=O)cc5)cc4)cc3)cc2)S(=O)(=O)c2ccccc21. The van der Waals surface area contributed by atoms with Crippen molar-refractivity contribution in [2.45, 2.75) is 9.79 Å². The Bertz CT molecular complexity index is 3260. The van der Waals surface area contributed by atoms with Crippen LogP contribution >= 0.6 is 0 Å². The number of Topliss-reactive ketones (excluding diaryl/α,β-unsaturated/α-hetero) is 2. The first-order chi connectivity index (χ1) is 32.1. The number of hydrogen-bond donors (Lipinski definition) is 0. The van der Waals surface area contributed by atoms with Crippen LogP contribution in [0.1, 0.15) is 43.0 Å². The molecular formula is C56H38N2O6S2. The van der Waals surface area contributed by atoms with Gasteiger partial charge in [0, 0.05) is 45.3 Å². The number of sulfone groups is 2. The van der Waals surface area contributed by atoms with Crippen LogP contribution in [0.3, 0.4) is 0 Å². The van der Waals surface area contributed by atoms with Crippen molar-refractivity contribution < 1.29 is 26.4 Å². The summed E-state index contributed by atoms with van der Waals surface area (Å²) < 4.78 is 52.8. The van der Waals surface area contributed by atoms with Gasteiger partial charge in [0.2, 0.25) is 31.2 Å². The topological polar surface area (TPSA) is 109 Å². The fourth-order valence-corrected chi connectivity index (χ4v) is 11.4. The summed E-state index contributed by atoms with van der Waals surface area (Å²) in [7, 11) is -7.80. The van der Waals surface area contributed by atoms with E-state index in [-0.39, 0.29) is 30.7 Å². The molecule has 2 heterocycles. The van der Waals surface area contributed by atoms with Crippen molar-refractivity contribution in [3.05, 3.63) is 249 Å². The highest BCUT2D eigenvalue weighted by molar-refractivity contribution is 7.97. The number of carbonyl (C=O) groups excluding carboxylic acids is 2. The molecule has 0 fully saturated rings. The maximum absolute atomic E-state index is 13.2. The summed E-state index contributed by atoms with van der Waals surface area (Å²) in [5.41, 5.74) is 9.03. The van der Waals surface area contributed by atoms with E-state index in [1.54, 1.807) is 36.4 Å².